The topological polar surface area (TPSA) is 95.1 Å². The number of alkyl halides is 3. The first-order valence-corrected chi connectivity index (χ1v) is 10.7. The van der Waals surface area contributed by atoms with Crippen molar-refractivity contribution in [2.24, 2.45) is 0 Å². The molecule has 0 radical (unpaired) electrons. The van der Waals surface area contributed by atoms with Gasteiger partial charge >= 0.3 is 6.36 Å². The number of fused-ring (bicyclic) bond motifs is 3. The zero-order valence-corrected chi connectivity index (χ0v) is 17.9. The summed E-state index contributed by atoms with van der Waals surface area (Å²) >= 11 is 0. The summed E-state index contributed by atoms with van der Waals surface area (Å²) in [6.45, 7) is 0. The van der Waals surface area contributed by atoms with E-state index in [1.165, 1.54) is 35.8 Å². The molecule has 4 aromatic rings. The van der Waals surface area contributed by atoms with Gasteiger partial charge in [-0.3, -0.25) is 4.79 Å². The van der Waals surface area contributed by atoms with E-state index in [0.29, 0.717) is 17.1 Å². The van der Waals surface area contributed by atoms with E-state index in [9.17, 15) is 18.0 Å². The highest BCUT2D eigenvalue weighted by molar-refractivity contribution is 5.93. The van der Waals surface area contributed by atoms with Gasteiger partial charge in [0.15, 0.2) is 5.82 Å². The number of anilines is 2. The van der Waals surface area contributed by atoms with Crippen molar-refractivity contribution in [1.82, 2.24) is 14.5 Å². The van der Waals surface area contributed by atoms with Crippen LogP contribution in [0, 0.1) is 0 Å². The van der Waals surface area contributed by atoms with Crippen LogP contribution in [-0.4, -0.2) is 26.8 Å². The number of amides is 1. The minimum absolute atomic E-state index is 0.0968. The average molecular weight is 467 g/mol. The Morgan fingerprint density at radius 2 is 1.91 bits per heavy atom. The number of aromatic nitrogens is 3. The molecule has 0 saturated heterocycles. The molecule has 5 rings (SSSR count). The lowest BCUT2D eigenvalue weighted by molar-refractivity contribution is -0.274. The fourth-order valence-corrected chi connectivity index (χ4v) is 4.42. The van der Waals surface area contributed by atoms with Gasteiger partial charge in [-0.05, 0) is 66.8 Å². The average Bonchev–Trinajstić information content (AvgIpc) is 3.35. The fraction of sp³-hybridized carbons (Fsp3) is 0.208. The summed E-state index contributed by atoms with van der Waals surface area (Å²) in [6.07, 6.45) is -0.498. The molecule has 1 aliphatic rings. The molecular weight excluding hydrogens is 447 g/mol. The van der Waals surface area contributed by atoms with Crippen LogP contribution >= 0.6 is 0 Å². The molecular formula is C24H20F3N5O2. The third-order valence-electron chi connectivity index (χ3n) is 5.72. The van der Waals surface area contributed by atoms with Crippen LogP contribution in [0.4, 0.5) is 24.7 Å². The number of carbonyl (C=O) groups is 1. The number of ether oxygens (including phenoxy) is 1. The summed E-state index contributed by atoms with van der Waals surface area (Å²) in [5, 5.41) is 2.77. The number of nitrogens with two attached hydrogens (primary N) is 1. The second-order valence-electron chi connectivity index (χ2n) is 8.04. The fourth-order valence-electron chi connectivity index (χ4n) is 4.42. The lowest BCUT2D eigenvalue weighted by Gasteiger charge is -2.12. The lowest BCUT2D eigenvalue weighted by Crippen LogP contribution is -2.18. The van der Waals surface area contributed by atoms with Crippen LogP contribution in [0.5, 0.6) is 5.75 Å². The molecule has 174 valence electrons. The van der Waals surface area contributed by atoms with Crippen molar-refractivity contribution in [2.45, 2.75) is 32.0 Å². The number of carbonyl (C=O) groups excluding carboxylic acids is 1. The van der Waals surface area contributed by atoms with E-state index in [-0.39, 0.29) is 18.1 Å². The van der Waals surface area contributed by atoms with E-state index < -0.39 is 6.36 Å². The van der Waals surface area contributed by atoms with Gasteiger partial charge in [-0.1, -0.05) is 12.1 Å². The summed E-state index contributed by atoms with van der Waals surface area (Å²) in [7, 11) is 0. The van der Waals surface area contributed by atoms with Gasteiger partial charge in [0, 0.05) is 17.1 Å². The number of halogens is 3. The zero-order chi connectivity index (χ0) is 23.9. The molecule has 0 saturated carbocycles. The number of nitrogen functional groups attached to an aromatic ring is 1. The van der Waals surface area contributed by atoms with Crippen molar-refractivity contribution in [1.29, 1.82) is 0 Å². The van der Waals surface area contributed by atoms with E-state index in [1.807, 2.05) is 12.1 Å². The molecule has 10 heteroatoms. The Morgan fingerprint density at radius 1 is 1.12 bits per heavy atom. The Labute approximate surface area is 192 Å². The van der Waals surface area contributed by atoms with Gasteiger partial charge in [-0.2, -0.15) is 0 Å². The summed E-state index contributed by atoms with van der Waals surface area (Å²) in [4.78, 5) is 21.0. The molecule has 0 spiro atoms. The first-order valence-electron chi connectivity index (χ1n) is 10.7. The van der Waals surface area contributed by atoms with E-state index in [0.717, 1.165) is 36.0 Å². The SMILES string of the molecule is Nc1ncnc2c3c(n(-c4ccc(NC(=O)Cc5cccc(OC(F)(F)F)c5)cc4)c12)CCC3. The molecule has 2 aromatic carbocycles. The summed E-state index contributed by atoms with van der Waals surface area (Å²) in [6, 6.07) is 12.6. The molecule has 2 heterocycles. The minimum atomic E-state index is -4.79. The van der Waals surface area contributed by atoms with Gasteiger partial charge in [0.2, 0.25) is 5.91 Å². The predicted octanol–water partition coefficient (Wildman–Crippen LogP) is 4.57. The van der Waals surface area contributed by atoms with E-state index in [4.69, 9.17) is 5.73 Å². The summed E-state index contributed by atoms with van der Waals surface area (Å²) in [5.74, 6) is -0.313. The van der Waals surface area contributed by atoms with Crippen molar-refractivity contribution in [2.75, 3.05) is 11.1 Å². The standard InChI is InChI=1S/C24H20F3N5O2/c25-24(26,27)34-17-4-1-3-14(11-17)12-20(33)31-15-7-9-16(10-8-15)32-19-6-2-5-18(19)21-22(32)23(28)30-13-29-21/h1,3-4,7-11,13H,2,5-6,12H2,(H,31,33)(H2,28,29,30). The molecule has 1 aliphatic carbocycles. The Bertz CT molecular complexity index is 1380. The van der Waals surface area contributed by atoms with Crippen molar-refractivity contribution in [3.05, 3.63) is 71.7 Å². The van der Waals surface area contributed by atoms with Gasteiger partial charge in [-0.15, -0.1) is 13.2 Å². The van der Waals surface area contributed by atoms with Crippen molar-refractivity contribution in [3.63, 3.8) is 0 Å². The van der Waals surface area contributed by atoms with Crippen molar-refractivity contribution >= 4 is 28.4 Å². The predicted molar refractivity (Wildman–Crippen MR) is 121 cm³/mol. The maximum absolute atomic E-state index is 12.5. The second kappa shape index (κ2) is 8.36. The van der Waals surface area contributed by atoms with E-state index in [1.54, 1.807) is 18.2 Å². The number of aryl methyl sites for hydroxylation is 1. The summed E-state index contributed by atoms with van der Waals surface area (Å²) < 4.78 is 43.2. The zero-order valence-electron chi connectivity index (χ0n) is 17.9. The van der Waals surface area contributed by atoms with Crippen molar-refractivity contribution in [3.8, 4) is 11.4 Å². The maximum atomic E-state index is 12.5. The van der Waals surface area contributed by atoms with Crippen LogP contribution in [0.15, 0.2) is 54.9 Å². The Kier molecular flexibility index (Phi) is 5.35. The largest absolute Gasteiger partial charge is 0.573 e. The van der Waals surface area contributed by atoms with Gasteiger partial charge in [-0.25, -0.2) is 9.97 Å². The van der Waals surface area contributed by atoms with Crippen LogP contribution < -0.4 is 15.8 Å². The van der Waals surface area contributed by atoms with Gasteiger partial charge in [0.1, 0.15) is 17.6 Å². The van der Waals surface area contributed by atoms with Crippen LogP contribution in [0.2, 0.25) is 0 Å². The number of nitrogens with zero attached hydrogens (tertiary/aromatic N) is 3. The number of benzene rings is 2. The third kappa shape index (κ3) is 4.26. The highest BCUT2D eigenvalue weighted by Crippen LogP contribution is 2.36. The quantitative estimate of drug-likeness (QED) is 0.448. The molecule has 3 N–H and O–H groups in total. The first-order chi connectivity index (χ1) is 16.3. The molecule has 0 aliphatic heterocycles. The van der Waals surface area contributed by atoms with Crippen LogP contribution in [0.25, 0.3) is 16.7 Å². The first kappa shape index (κ1) is 21.7. The van der Waals surface area contributed by atoms with Gasteiger partial charge in [0.25, 0.3) is 0 Å². The lowest BCUT2D eigenvalue weighted by atomic mass is 10.1. The maximum Gasteiger partial charge on any atom is 0.573 e. The minimum Gasteiger partial charge on any atom is -0.406 e. The van der Waals surface area contributed by atoms with Crippen LogP contribution in [0.3, 0.4) is 0 Å². The number of hydrogen-bond acceptors (Lipinski definition) is 5. The number of nitrogens with one attached hydrogen (secondary N) is 1. The Hall–Kier alpha value is -4.08. The van der Waals surface area contributed by atoms with Crippen molar-refractivity contribution < 1.29 is 22.7 Å². The normalized spacial score (nSPS) is 13.1. The smallest absolute Gasteiger partial charge is 0.406 e. The molecule has 0 unspecified atom stereocenters. The Morgan fingerprint density at radius 3 is 2.68 bits per heavy atom. The molecule has 0 atom stereocenters. The molecule has 2 aromatic heterocycles. The highest BCUT2D eigenvalue weighted by Gasteiger charge is 2.31. The monoisotopic (exact) mass is 467 g/mol. The highest BCUT2D eigenvalue weighted by atomic mass is 19.4. The number of rotatable bonds is 5. The van der Waals surface area contributed by atoms with E-state index in [2.05, 4.69) is 24.6 Å². The second-order valence-corrected chi connectivity index (χ2v) is 8.04. The van der Waals surface area contributed by atoms with Gasteiger partial charge in [0.05, 0.1) is 11.9 Å². The molecule has 34 heavy (non-hydrogen) atoms. The summed E-state index contributed by atoms with van der Waals surface area (Å²) in [5.41, 5.74) is 12.0. The molecule has 0 fully saturated rings. The Balaban J connectivity index is 1.34. The van der Waals surface area contributed by atoms with Gasteiger partial charge < -0.3 is 20.4 Å². The molecule has 7 nitrogen and oxygen atoms in total. The third-order valence-corrected chi connectivity index (χ3v) is 5.72. The van der Waals surface area contributed by atoms with Crippen LogP contribution in [-0.2, 0) is 24.1 Å². The van der Waals surface area contributed by atoms with E-state index >= 15 is 0 Å². The molecule has 0 bridgehead atoms. The molecule has 1 amide bonds. The number of hydrogen-bond donors (Lipinski definition) is 2. The van der Waals surface area contributed by atoms with Crippen LogP contribution in [0.1, 0.15) is 23.2 Å².